The van der Waals surface area contributed by atoms with E-state index in [1.807, 2.05) is 0 Å². The molecule has 1 atom stereocenters. The second-order valence-corrected chi connectivity index (χ2v) is 7.47. The minimum absolute atomic E-state index is 0.0589. The zero-order chi connectivity index (χ0) is 18.2. The number of likely N-dealkylation sites (tertiary alicyclic amines) is 1. The van der Waals surface area contributed by atoms with Crippen LogP contribution in [0.25, 0.3) is 0 Å². The third kappa shape index (κ3) is 3.27. The summed E-state index contributed by atoms with van der Waals surface area (Å²) in [6, 6.07) is -0.588. The van der Waals surface area contributed by atoms with Gasteiger partial charge in [0.05, 0.1) is 0 Å². The predicted molar refractivity (Wildman–Crippen MR) is 87.2 cm³/mol. The van der Waals surface area contributed by atoms with E-state index in [9.17, 15) is 19.2 Å². The van der Waals surface area contributed by atoms with E-state index in [4.69, 9.17) is 10.5 Å². The summed E-state index contributed by atoms with van der Waals surface area (Å²) in [6.07, 6.45) is 3.40. The molecular formula is C17H25N3O5. The monoisotopic (exact) mass is 351 g/mol. The maximum Gasteiger partial charge on any atom is 0.287 e. The first-order valence-corrected chi connectivity index (χ1v) is 8.86. The van der Waals surface area contributed by atoms with E-state index < -0.39 is 23.3 Å². The van der Waals surface area contributed by atoms with Gasteiger partial charge in [-0.3, -0.25) is 19.2 Å². The lowest BCUT2D eigenvalue weighted by Gasteiger charge is -2.37. The van der Waals surface area contributed by atoms with Crippen molar-refractivity contribution in [2.24, 2.45) is 11.1 Å². The first-order chi connectivity index (χ1) is 11.8. The van der Waals surface area contributed by atoms with Gasteiger partial charge in [0.2, 0.25) is 17.6 Å². The minimum atomic E-state index is -1.32. The highest BCUT2D eigenvalue weighted by atomic mass is 16.5. The molecule has 8 heteroatoms. The number of hydrogen-bond acceptors (Lipinski definition) is 5. The fourth-order valence-corrected chi connectivity index (χ4v) is 3.98. The third-order valence-corrected chi connectivity index (χ3v) is 5.76. The number of Topliss-reactive ketones (excluding diaryl/α,β-unsaturated/α-hetero) is 1. The Morgan fingerprint density at radius 2 is 1.80 bits per heavy atom. The molecule has 0 aromatic carbocycles. The van der Waals surface area contributed by atoms with Crippen LogP contribution in [-0.4, -0.2) is 59.7 Å². The lowest BCUT2D eigenvalue weighted by atomic mass is 9.84. The van der Waals surface area contributed by atoms with Crippen molar-refractivity contribution in [3.63, 3.8) is 0 Å². The molecule has 0 bridgehead atoms. The van der Waals surface area contributed by atoms with E-state index in [1.165, 1.54) is 0 Å². The lowest BCUT2D eigenvalue weighted by Crippen LogP contribution is -2.63. The molecule has 1 aliphatic carbocycles. The molecule has 138 valence electrons. The highest BCUT2D eigenvalue weighted by Crippen LogP contribution is 2.55. The molecule has 3 N–H and O–H groups in total. The molecule has 0 radical (unpaired) electrons. The summed E-state index contributed by atoms with van der Waals surface area (Å²) in [5.74, 6) is -2.29. The van der Waals surface area contributed by atoms with Gasteiger partial charge in [0.15, 0.2) is 0 Å². The van der Waals surface area contributed by atoms with Crippen molar-refractivity contribution >= 4 is 23.5 Å². The maximum atomic E-state index is 12.9. The van der Waals surface area contributed by atoms with Crippen molar-refractivity contribution in [3.05, 3.63) is 0 Å². The Morgan fingerprint density at radius 1 is 1.16 bits per heavy atom. The number of amides is 3. The molecule has 0 aromatic heterocycles. The van der Waals surface area contributed by atoms with Crippen LogP contribution in [-0.2, 0) is 23.9 Å². The van der Waals surface area contributed by atoms with Gasteiger partial charge in [-0.15, -0.1) is 0 Å². The Bertz CT molecular complexity index is 607. The number of carbonyl (C=O) groups excluding carboxylic acids is 4. The second kappa shape index (κ2) is 6.40. The fourth-order valence-electron chi connectivity index (χ4n) is 3.98. The summed E-state index contributed by atoms with van der Waals surface area (Å²) in [6.45, 7) is 2.90. The molecule has 1 saturated carbocycles. The largest absolute Gasteiger partial charge is 0.381 e. The molecule has 0 unspecified atom stereocenters. The van der Waals surface area contributed by atoms with Crippen LogP contribution in [0.1, 0.15) is 45.4 Å². The van der Waals surface area contributed by atoms with E-state index in [0.29, 0.717) is 19.4 Å². The predicted octanol–water partition coefficient (Wildman–Crippen LogP) is -0.503. The number of rotatable bonds is 5. The van der Waals surface area contributed by atoms with Crippen LogP contribution in [0.2, 0.25) is 0 Å². The molecule has 3 rings (SSSR count). The van der Waals surface area contributed by atoms with Crippen molar-refractivity contribution in [1.82, 2.24) is 10.2 Å². The van der Waals surface area contributed by atoms with E-state index in [0.717, 1.165) is 12.8 Å². The molecule has 3 aliphatic rings. The molecule has 8 nitrogen and oxygen atoms in total. The van der Waals surface area contributed by atoms with Gasteiger partial charge < -0.3 is 20.7 Å². The number of nitrogens with two attached hydrogens (primary N) is 1. The quantitative estimate of drug-likeness (QED) is 0.647. The van der Waals surface area contributed by atoms with Crippen LogP contribution in [0.15, 0.2) is 0 Å². The Balaban J connectivity index is 1.79. The van der Waals surface area contributed by atoms with Gasteiger partial charge in [0.1, 0.15) is 11.6 Å². The number of hydrogen-bond donors (Lipinski definition) is 2. The normalized spacial score (nSPS) is 26.3. The summed E-state index contributed by atoms with van der Waals surface area (Å²) in [5, 5.41) is 2.77. The summed E-state index contributed by atoms with van der Waals surface area (Å²) in [7, 11) is 0. The van der Waals surface area contributed by atoms with Gasteiger partial charge in [-0.25, -0.2) is 0 Å². The number of nitrogens with zero attached hydrogens (tertiary/aromatic N) is 1. The standard InChI is InChI=1S/C17H25N3O5/c1-2-12(21)20-10-16(3-4-16)9-11(20)15(24)19-17(13(22)14(18)23)5-7-25-8-6-17/h11H,2-10H2,1H3,(H2,18,23)(H,19,24)/t11-/m0/s1. The van der Waals surface area contributed by atoms with Crippen LogP contribution < -0.4 is 11.1 Å². The Kier molecular flexibility index (Phi) is 4.57. The number of nitrogens with one attached hydrogen (secondary N) is 1. The van der Waals surface area contributed by atoms with Gasteiger partial charge in [-0.05, 0) is 24.7 Å². The van der Waals surface area contributed by atoms with Crippen molar-refractivity contribution in [3.8, 4) is 0 Å². The van der Waals surface area contributed by atoms with Gasteiger partial charge in [-0.2, -0.15) is 0 Å². The fraction of sp³-hybridized carbons (Fsp3) is 0.765. The van der Waals surface area contributed by atoms with Gasteiger partial charge in [0, 0.05) is 39.0 Å². The van der Waals surface area contributed by atoms with Crippen LogP contribution in [0.3, 0.4) is 0 Å². The van der Waals surface area contributed by atoms with Gasteiger partial charge >= 0.3 is 0 Å². The average Bonchev–Trinajstić information content (AvgIpc) is 3.24. The number of ether oxygens (including phenoxy) is 1. The highest BCUT2D eigenvalue weighted by Gasteiger charge is 2.56. The molecular weight excluding hydrogens is 326 g/mol. The Morgan fingerprint density at radius 3 is 2.32 bits per heavy atom. The SMILES string of the molecule is CCC(=O)N1CC2(CC2)C[C@H]1C(=O)NC1(C(=O)C(N)=O)CCOCC1. The van der Waals surface area contributed by atoms with Crippen molar-refractivity contribution in [1.29, 1.82) is 0 Å². The van der Waals surface area contributed by atoms with Crippen molar-refractivity contribution < 1.29 is 23.9 Å². The summed E-state index contributed by atoms with van der Waals surface area (Å²) >= 11 is 0. The van der Waals surface area contributed by atoms with E-state index >= 15 is 0 Å². The molecule has 2 aliphatic heterocycles. The maximum absolute atomic E-state index is 12.9. The van der Waals surface area contributed by atoms with Crippen molar-refractivity contribution in [2.45, 2.75) is 57.0 Å². The van der Waals surface area contributed by atoms with E-state index in [1.54, 1.807) is 11.8 Å². The number of primary amides is 1. The highest BCUT2D eigenvalue weighted by molar-refractivity contribution is 6.39. The van der Waals surface area contributed by atoms with Crippen LogP contribution in [0, 0.1) is 5.41 Å². The number of carbonyl (C=O) groups is 4. The van der Waals surface area contributed by atoms with Gasteiger partial charge in [-0.1, -0.05) is 6.92 Å². The summed E-state index contributed by atoms with van der Waals surface area (Å²) in [4.78, 5) is 50.6. The molecule has 3 fully saturated rings. The molecule has 25 heavy (non-hydrogen) atoms. The molecule has 1 spiro atoms. The lowest BCUT2D eigenvalue weighted by molar-refractivity contribution is -0.146. The topological polar surface area (TPSA) is 119 Å². The van der Waals surface area contributed by atoms with Crippen LogP contribution >= 0.6 is 0 Å². The summed E-state index contributed by atoms with van der Waals surface area (Å²) in [5.41, 5.74) is 3.93. The van der Waals surface area contributed by atoms with Crippen LogP contribution in [0.5, 0.6) is 0 Å². The molecule has 2 heterocycles. The molecule has 3 amide bonds. The zero-order valence-electron chi connectivity index (χ0n) is 14.5. The third-order valence-electron chi connectivity index (χ3n) is 5.76. The van der Waals surface area contributed by atoms with E-state index in [-0.39, 0.29) is 43.3 Å². The second-order valence-electron chi connectivity index (χ2n) is 7.47. The average molecular weight is 351 g/mol. The number of ketones is 1. The van der Waals surface area contributed by atoms with E-state index in [2.05, 4.69) is 5.32 Å². The van der Waals surface area contributed by atoms with Crippen molar-refractivity contribution in [2.75, 3.05) is 19.8 Å². The Hall–Kier alpha value is -1.96. The Labute approximate surface area is 146 Å². The first kappa shape index (κ1) is 17.8. The zero-order valence-corrected chi connectivity index (χ0v) is 14.5. The molecule has 2 saturated heterocycles. The molecule has 0 aromatic rings. The summed E-state index contributed by atoms with van der Waals surface area (Å²) < 4.78 is 5.26. The van der Waals surface area contributed by atoms with Gasteiger partial charge in [0.25, 0.3) is 5.91 Å². The van der Waals surface area contributed by atoms with Crippen LogP contribution in [0.4, 0.5) is 0 Å². The smallest absolute Gasteiger partial charge is 0.287 e. The minimum Gasteiger partial charge on any atom is -0.381 e. The first-order valence-electron chi connectivity index (χ1n) is 8.86.